The Kier molecular flexibility index (Phi) is 5.08. The summed E-state index contributed by atoms with van der Waals surface area (Å²) >= 11 is 6.37. The van der Waals surface area contributed by atoms with E-state index in [4.69, 9.17) is 16.7 Å². The molecule has 1 saturated heterocycles. The third kappa shape index (κ3) is 3.75. The van der Waals surface area contributed by atoms with E-state index in [2.05, 4.69) is 20.3 Å². The van der Waals surface area contributed by atoms with Crippen LogP contribution in [-0.2, 0) is 4.79 Å². The molecule has 4 heterocycles. The van der Waals surface area contributed by atoms with Crippen molar-refractivity contribution < 1.29 is 4.79 Å². The van der Waals surface area contributed by atoms with Crippen LogP contribution in [-0.4, -0.2) is 37.2 Å². The van der Waals surface area contributed by atoms with E-state index < -0.39 is 0 Å². The van der Waals surface area contributed by atoms with E-state index >= 15 is 0 Å². The van der Waals surface area contributed by atoms with Gasteiger partial charge in [-0.25, -0.2) is 9.97 Å². The van der Waals surface area contributed by atoms with Crippen molar-refractivity contribution in [1.82, 2.24) is 24.7 Å². The summed E-state index contributed by atoms with van der Waals surface area (Å²) in [5, 5.41) is 8.32. The number of nitrogens with zero attached hydrogens (tertiary/aromatic N) is 6. The lowest BCUT2D eigenvalue weighted by Crippen LogP contribution is -2.23. The molecular formula is C21H22ClN7O. The first-order valence-electron chi connectivity index (χ1n) is 10.3. The summed E-state index contributed by atoms with van der Waals surface area (Å²) in [6.45, 7) is 0.717. The van der Waals surface area contributed by atoms with Crippen LogP contribution in [0.15, 0.2) is 36.9 Å². The number of amides is 1. The van der Waals surface area contributed by atoms with Crippen LogP contribution in [0.5, 0.6) is 0 Å². The second kappa shape index (κ2) is 8.02. The molecule has 1 amide bonds. The first kappa shape index (κ1) is 19.0. The summed E-state index contributed by atoms with van der Waals surface area (Å²) in [5.41, 5.74) is 2.79. The molecular weight excluding hydrogens is 402 g/mol. The van der Waals surface area contributed by atoms with Crippen molar-refractivity contribution in [2.24, 2.45) is 0 Å². The maximum absolute atomic E-state index is 12.0. The number of carbonyl (C=O) groups excluding carboxylic acids is 1. The van der Waals surface area contributed by atoms with Crippen LogP contribution in [0.3, 0.4) is 0 Å². The van der Waals surface area contributed by atoms with Crippen LogP contribution in [0.2, 0.25) is 5.02 Å². The highest BCUT2D eigenvalue weighted by Gasteiger charge is 2.22. The number of hydrogen-bond acceptors (Lipinski definition) is 6. The number of carbonyl (C=O) groups is 1. The predicted octanol–water partition coefficient (Wildman–Crippen LogP) is 4.37. The summed E-state index contributed by atoms with van der Waals surface area (Å²) < 4.78 is 2.02. The van der Waals surface area contributed by atoms with Gasteiger partial charge in [-0.2, -0.15) is 5.10 Å². The van der Waals surface area contributed by atoms with Crippen molar-refractivity contribution in [3.63, 3.8) is 0 Å². The number of pyridine rings is 1. The highest BCUT2D eigenvalue weighted by molar-refractivity contribution is 6.32. The molecule has 9 heteroatoms. The normalized spacial score (nSPS) is 17.1. The highest BCUT2D eigenvalue weighted by atomic mass is 35.5. The zero-order valence-electron chi connectivity index (χ0n) is 16.5. The highest BCUT2D eigenvalue weighted by Crippen LogP contribution is 2.31. The summed E-state index contributed by atoms with van der Waals surface area (Å²) in [6, 6.07) is 4.28. The second-order valence-corrected chi connectivity index (χ2v) is 8.12. The molecule has 3 aromatic rings. The Balaban J connectivity index is 1.38. The topological polar surface area (TPSA) is 88.8 Å². The maximum atomic E-state index is 12.0. The number of halogens is 1. The van der Waals surface area contributed by atoms with E-state index in [1.54, 1.807) is 23.5 Å². The molecule has 8 nitrogen and oxygen atoms in total. The molecule has 1 aliphatic heterocycles. The van der Waals surface area contributed by atoms with Crippen molar-refractivity contribution in [1.29, 1.82) is 0 Å². The Labute approximate surface area is 179 Å². The Morgan fingerprint density at radius 3 is 2.80 bits per heavy atom. The third-order valence-electron chi connectivity index (χ3n) is 5.66. The van der Waals surface area contributed by atoms with Crippen LogP contribution in [0.4, 0.5) is 17.3 Å². The van der Waals surface area contributed by atoms with Gasteiger partial charge in [0.2, 0.25) is 11.9 Å². The van der Waals surface area contributed by atoms with Gasteiger partial charge in [-0.1, -0.05) is 24.4 Å². The van der Waals surface area contributed by atoms with Crippen molar-refractivity contribution in [2.45, 2.75) is 44.6 Å². The molecule has 30 heavy (non-hydrogen) atoms. The predicted molar refractivity (Wildman–Crippen MR) is 115 cm³/mol. The van der Waals surface area contributed by atoms with Crippen molar-refractivity contribution >= 4 is 34.8 Å². The first-order chi connectivity index (χ1) is 14.7. The molecule has 1 N–H and O–H groups in total. The van der Waals surface area contributed by atoms with Crippen molar-refractivity contribution in [3.8, 4) is 11.4 Å². The molecule has 2 aliphatic rings. The Morgan fingerprint density at radius 1 is 1.13 bits per heavy atom. The average molecular weight is 424 g/mol. The van der Waals surface area contributed by atoms with Gasteiger partial charge in [0.15, 0.2) is 0 Å². The van der Waals surface area contributed by atoms with Gasteiger partial charge in [0, 0.05) is 19.2 Å². The molecule has 5 rings (SSSR count). The lowest BCUT2D eigenvalue weighted by atomic mass is 10.3. The van der Waals surface area contributed by atoms with Gasteiger partial charge in [0.25, 0.3) is 0 Å². The lowest BCUT2D eigenvalue weighted by Gasteiger charge is -2.16. The molecule has 154 valence electrons. The molecule has 0 unspecified atom stereocenters. The molecule has 0 radical (unpaired) electrons. The summed E-state index contributed by atoms with van der Waals surface area (Å²) in [5.74, 6) is 0.522. The van der Waals surface area contributed by atoms with Gasteiger partial charge >= 0.3 is 0 Å². The minimum absolute atomic E-state index is 0.122. The van der Waals surface area contributed by atoms with Gasteiger partial charge in [0.1, 0.15) is 11.4 Å². The number of rotatable bonds is 5. The molecule has 1 aliphatic carbocycles. The summed E-state index contributed by atoms with van der Waals surface area (Å²) in [6.07, 6.45) is 13.2. The van der Waals surface area contributed by atoms with Gasteiger partial charge in [-0.05, 0) is 31.4 Å². The van der Waals surface area contributed by atoms with E-state index in [9.17, 15) is 4.79 Å². The zero-order valence-corrected chi connectivity index (χ0v) is 17.2. The van der Waals surface area contributed by atoms with E-state index in [0.717, 1.165) is 37.2 Å². The van der Waals surface area contributed by atoms with Crippen LogP contribution in [0.1, 0.15) is 44.6 Å². The smallest absolute Gasteiger partial charge is 0.227 e. The molecule has 3 aromatic heterocycles. The largest absolute Gasteiger partial charge is 0.323 e. The van der Waals surface area contributed by atoms with Gasteiger partial charge < -0.3 is 10.2 Å². The zero-order chi connectivity index (χ0) is 20.5. The fourth-order valence-corrected chi connectivity index (χ4v) is 4.33. The van der Waals surface area contributed by atoms with E-state index in [0.29, 0.717) is 34.8 Å². The first-order valence-corrected chi connectivity index (χ1v) is 10.7. The summed E-state index contributed by atoms with van der Waals surface area (Å²) in [4.78, 5) is 26.9. The van der Waals surface area contributed by atoms with Crippen LogP contribution < -0.4 is 10.2 Å². The Morgan fingerprint density at radius 2 is 2.00 bits per heavy atom. The maximum Gasteiger partial charge on any atom is 0.227 e. The van der Waals surface area contributed by atoms with Crippen molar-refractivity contribution in [3.05, 3.63) is 41.9 Å². The third-order valence-corrected chi connectivity index (χ3v) is 5.94. The Hall–Kier alpha value is -3.00. The van der Waals surface area contributed by atoms with Gasteiger partial charge in [-0.3, -0.25) is 14.5 Å². The molecule has 1 saturated carbocycles. The van der Waals surface area contributed by atoms with Crippen LogP contribution in [0.25, 0.3) is 11.4 Å². The summed E-state index contributed by atoms with van der Waals surface area (Å²) in [7, 11) is 0. The lowest BCUT2D eigenvalue weighted by molar-refractivity contribution is -0.117. The number of anilines is 3. The van der Waals surface area contributed by atoms with Crippen molar-refractivity contribution in [2.75, 3.05) is 16.8 Å². The minimum Gasteiger partial charge on any atom is -0.323 e. The SMILES string of the molecule is O=C1CCCN1c1cncc(Nc2ncc(Cl)c(-c3ccn(C4CCCC4)n3)n2)c1. The standard InChI is InChI=1S/C21H22ClN7O/c22-17-13-24-21(25-14-10-16(12-23-11-14)28-8-3-6-19(28)30)26-20(17)18-7-9-29(27-18)15-4-1-2-5-15/h7,9-13,15H,1-6,8H2,(H,24,25,26). The van der Waals surface area contributed by atoms with E-state index in [1.807, 2.05) is 23.0 Å². The van der Waals surface area contributed by atoms with E-state index in [1.165, 1.54) is 12.8 Å². The van der Waals surface area contributed by atoms with Crippen LogP contribution in [0, 0.1) is 0 Å². The van der Waals surface area contributed by atoms with Gasteiger partial charge in [-0.15, -0.1) is 0 Å². The number of hydrogen-bond donors (Lipinski definition) is 1. The Bertz CT molecular complexity index is 1080. The second-order valence-electron chi connectivity index (χ2n) is 7.72. The van der Waals surface area contributed by atoms with Crippen LogP contribution >= 0.6 is 11.6 Å². The molecule has 0 bridgehead atoms. The monoisotopic (exact) mass is 423 g/mol. The molecule has 0 atom stereocenters. The molecule has 0 spiro atoms. The quantitative estimate of drug-likeness (QED) is 0.655. The van der Waals surface area contributed by atoms with E-state index in [-0.39, 0.29) is 5.91 Å². The fraction of sp³-hybridized carbons (Fsp3) is 0.381. The fourth-order valence-electron chi connectivity index (χ4n) is 4.14. The minimum atomic E-state index is 0.122. The van der Waals surface area contributed by atoms with Gasteiger partial charge in [0.05, 0.1) is 41.0 Å². The molecule has 0 aromatic carbocycles. The average Bonchev–Trinajstić information content (AvgIpc) is 3.51. The number of nitrogens with one attached hydrogen (secondary N) is 1. The molecule has 2 fully saturated rings. The number of aromatic nitrogens is 5.